The molecule has 0 unspecified atom stereocenters. The second-order valence-electron chi connectivity index (χ2n) is 3.44. The molecule has 0 aliphatic heterocycles. The van der Waals surface area contributed by atoms with Crippen LogP contribution >= 0.6 is 0 Å². The van der Waals surface area contributed by atoms with E-state index in [0.717, 1.165) is 11.8 Å². The highest BCUT2D eigenvalue weighted by molar-refractivity contribution is 7.92. The quantitative estimate of drug-likeness (QED) is 0.839. The first-order valence-corrected chi connectivity index (χ1v) is 6.56. The lowest BCUT2D eigenvalue weighted by molar-refractivity contribution is 0.415. The van der Waals surface area contributed by atoms with Crippen molar-refractivity contribution >= 4 is 15.7 Å². The Morgan fingerprint density at radius 2 is 2.06 bits per heavy atom. The smallest absolute Gasteiger partial charge is 0.232 e. The largest absolute Gasteiger partial charge is 0.495 e. The predicted octanol–water partition coefficient (Wildman–Crippen LogP) is 0.550. The summed E-state index contributed by atoms with van der Waals surface area (Å²) in [4.78, 5) is 0. The number of nitrogens with two attached hydrogens (primary N) is 1. The van der Waals surface area contributed by atoms with Crippen LogP contribution in [-0.4, -0.2) is 28.8 Å². The zero-order valence-electron chi connectivity index (χ0n) is 9.60. The van der Waals surface area contributed by atoms with E-state index in [0.29, 0.717) is 18.0 Å². The predicted molar refractivity (Wildman–Crippen MR) is 64.1 cm³/mol. The van der Waals surface area contributed by atoms with E-state index in [4.69, 9.17) is 10.5 Å². The summed E-state index contributed by atoms with van der Waals surface area (Å²) in [7, 11) is -0.324. The second kappa shape index (κ2) is 4.71. The van der Waals surface area contributed by atoms with Crippen LogP contribution in [0.5, 0.6) is 5.75 Å². The van der Waals surface area contributed by atoms with Crippen molar-refractivity contribution in [3.8, 4) is 5.75 Å². The van der Waals surface area contributed by atoms with Gasteiger partial charge in [0.25, 0.3) is 0 Å². The average molecular weight is 244 g/mol. The Bertz CT molecular complexity index is 471. The van der Waals surface area contributed by atoms with E-state index in [1.807, 2.05) is 0 Å². The van der Waals surface area contributed by atoms with Crippen molar-refractivity contribution in [2.75, 3.05) is 24.7 Å². The molecule has 0 bridgehead atoms. The maximum absolute atomic E-state index is 11.4. The summed E-state index contributed by atoms with van der Waals surface area (Å²) in [5.41, 5.74) is 6.86. The van der Waals surface area contributed by atoms with Crippen molar-refractivity contribution in [1.82, 2.24) is 0 Å². The van der Waals surface area contributed by atoms with E-state index in [1.54, 1.807) is 18.2 Å². The van der Waals surface area contributed by atoms with E-state index in [1.165, 1.54) is 18.5 Å². The standard InChI is InChI=1S/C10H16N2O3S/c1-12(16(3,13)14)9-6-8(7-11)4-5-10(9)15-2/h4-6H,7,11H2,1-3H3. The minimum Gasteiger partial charge on any atom is -0.495 e. The van der Waals surface area contributed by atoms with Gasteiger partial charge in [-0.2, -0.15) is 0 Å². The summed E-state index contributed by atoms with van der Waals surface area (Å²) in [6.45, 7) is 0.356. The minimum absolute atomic E-state index is 0.356. The molecule has 2 N–H and O–H groups in total. The van der Waals surface area contributed by atoms with Gasteiger partial charge in [0, 0.05) is 13.6 Å². The van der Waals surface area contributed by atoms with Crippen LogP contribution in [0, 0.1) is 0 Å². The van der Waals surface area contributed by atoms with Gasteiger partial charge in [-0.05, 0) is 17.7 Å². The molecule has 0 radical (unpaired) electrons. The lowest BCUT2D eigenvalue weighted by atomic mass is 10.2. The second-order valence-corrected chi connectivity index (χ2v) is 5.45. The summed E-state index contributed by atoms with van der Waals surface area (Å²) in [5.74, 6) is 0.505. The Morgan fingerprint density at radius 3 is 2.50 bits per heavy atom. The molecule has 1 aromatic carbocycles. The third kappa shape index (κ3) is 2.65. The Labute approximate surface area is 95.9 Å². The van der Waals surface area contributed by atoms with Crippen molar-refractivity contribution in [1.29, 1.82) is 0 Å². The van der Waals surface area contributed by atoms with Crippen molar-refractivity contribution in [3.05, 3.63) is 23.8 Å². The Kier molecular flexibility index (Phi) is 3.77. The molecule has 1 aromatic rings. The van der Waals surface area contributed by atoms with Gasteiger partial charge < -0.3 is 10.5 Å². The van der Waals surface area contributed by atoms with Crippen LogP contribution in [0.1, 0.15) is 5.56 Å². The fourth-order valence-corrected chi connectivity index (χ4v) is 1.79. The molecule has 0 heterocycles. The van der Waals surface area contributed by atoms with Crippen molar-refractivity contribution in [2.45, 2.75) is 6.54 Å². The molecular formula is C10H16N2O3S. The molecule has 5 nitrogen and oxygen atoms in total. The number of methoxy groups -OCH3 is 1. The van der Waals surface area contributed by atoms with Crippen LogP contribution in [0.25, 0.3) is 0 Å². The lowest BCUT2D eigenvalue weighted by Crippen LogP contribution is -2.25. The van der Waals surface area contributed by atoms with E-state index in [2.05, 4.69) is 0 Å². The molecule has 0 saturated carbocycles. The summed E-state index contributed by atoms with van der Waals surface area (Å²) < 4.78 is 29.2. The Balaban J connectivity index is 3.29. The van der Waals surface area contributed by atoms with Crippen LogP contribution in [-0.2, 0) is 16.6 Å². The van der Waals surface area contributed by atoms with Gasteiger partial charge in [0.05, 0.1) is 19.1 Å². The molecule has 0 fully saturated rings. The fourth-order valence-electron chi connectivity index (χ4n) is 1.29. The molecule has 0 saturated heterocycles. The zero-order valence-corrected chi connectivity index (χ0v) is 10.4. The number of ether oxygens (including phenoxy) is 1. The molecular weight excluding hydrogens is 228 g/mol. The van der Waals surface area contributed by atoms with Gasteiger partial charge >= 0.3 is 0 Å². The first-order chi connectivity index (χ1) is 7.40. The Morgan fingerprint density at radius 1 is 1.44 bits per heavy atom. The lowest BCUT2D eigenvalue weighted by Gasteiger charge is -2.20. The summed E-state index contributed by atoms with van der Waals surface area (Å²) >= 11 is 0. The Hall–Kier alpha value is -1.27. The van der Waals surface area contributed by atoms with Gasteiger partial charge in [0.15, 0.2) is 0 Å². The molecule has 0 aliphatic carbocycles. The number of nitrogens with zero attached hydrogens (tertiary/aromatic N) is 1. The summed E-state index contributed by atoms with van der Waals surface area (Å²) in [5, 5.41) is 0. The monoisotopic (exact) mass is 244 g/mol. The first kappa shape index (κ1) is 12.8. The SMILES string of the molecule is COc1ccc(CN)cc1N(C)S(C)(=O)=O. The molecule has 0 aliphatic rings. The molecule has 16 heavy (non-hydrogen) atoms. The molecule has 90 valence electrons. The van der Waals surface area contributed by atoms with E-state index in [-0.39, 0.29) is 0 Å². The zero-order chi connectivity index (χ0) is 12.3. The number of hydrogen-bond acceptors (Lipinski definition) is 4. The number of sulfonamides is 1. The topological polar surface area (TPSA) is 72.6 Å². The van der Waals surface area contributed by atoms with Gasteiger partial charge in [-0.15, -0.1) is 0 Å². The maximum Gasteiger partial charge on any atom is 0.232 e. The van der Waals surface area contributed by atoms with Crippen molar-refractivity contribution < 1.29 is 13.2 Å². The molecule has 0 spiro atoms. The minimum atomic E-state index is -3.30. The number of hydrogen-bond donors (Lipinski definition) is 1. The summed E-state index contributed by atoms with van der Waals surface area (Å²) in [6.07, 6.45) is 1.14. The van der Waals surface area contributed by atoms with Gasteiger partial charge in [-0.25, -0.2) is 8.42 Å². The normalized spacial score (nSPS) is 11.2. The maximum atomic E-state index is 11.4. The highest BCUT2D eigenvalue weighted by Crippen LogP contribution is 2.29. The molecule has 1 rings (SSSR count). The van der Waals surface area contributed by atoms with Crippen LogP contribution in [0.4, 0.5) is 5.69 Å². The van der Waals surface area contributed by atoms with Crippen LogP contribution in [0.2, 0.25) is 0 Å². The van der Waals surface area contributed by atoms with Crippen molar-refractivity contribution in [2.24, 2.45) is 5.73 Å². The van der Waals surface area contributed by atoms with E-state index in [9.17, 15) is 8.42 Å². The molecule has 0 amide bonds. The molecule has 0 aromatic heterocycles. The number of benzene rings is 1. The number of anilines is 1. The van der Waals surface area contributed by atoms with Gasteiger partial charge in [-0.3, -0.25) is 4.31 Å². The molecule has 6 heteroatoms. The third-order valence-electron chi connectivity index (χ3n) is 2.32. The van der Waals surface area contributed by atoms with E-state index >= 15 is 0 Å². The van der Waals surface area contributed by atoms with Crippen molar-refractivity contribution in [3.63, 3.8) is 0 Å². The summed E-state index contributed by atoms with van der Waals surface area (Å²) in [6, 6.07) is 5.22. The highest BCUT2D eigenvalue weighted by atomic mass is 32.2. The fraction of sp³-hybridized carbons (Fsp3) is 0.400. The van der Waals surface area contributed by atoms with Gasteiger partial charge in [0.1, 0.15) is 5.75 Å². The van der Waals surface area contributed by atoms with Gasteiger partial charge in [0.2, 0.25) is 10.0 Å². The van der Waals surface area contributed by atoms with E-state index < -0.39 is 10.0 Å². The first-order valence-electron chi connectivity index (χ1n) is 4.71. The van der Waals surface area contributed by atoms with Crippen LogP contribution in [0.15, 0.2) is 18.2 Å². The number of rotatable bonds is 4. The average Bonchev–Trinajstić information content (AvgIpc) is 2.25. The van der Waals surface area contributed by atoms with Gasteiger partial charge in [-0.1, -0.05) is 6.07 Å². The highest BCUT2D eigenvalue weighted by Gasteiger charge is 2.16. The molecule has 0 atom stereocenters. The van der Waals surface area contributed by atoms with Crippen LogP contribution < -0.4 is 14.8 Å². The van der Waals surface area contributed by atoms with Crippen LogP contribution in [0.3, 0.4) is 0 Å². The third-order valence-corrected chi connectivity index (χ3v) is 3.51.